The minimum absolute atomic E-state index is 0.139. The standard InChI is InChI=1S/C21H24N2O4/c24-20(12-16-11-14-6-7-15(16)10-14)22-23-21(25)19-9-8-18(27-19)13-26-17-4-2-1-3-5-17/h1-5,8-9,14-16H,6-7,10-13H2,(H,22,24)(H,23,25)/t14-,15+,16+/m0/s1. The van der Waals surface area contributed by atoms with Crippen LogP contribution >= 0.6 is 0 Å². The lowest BCUT2D eigenvalue weighted by atomic mass is 9.86. The van der Waals surface area contributed by atoms with Gasteiger partial charge in [-0.25, -0.2) is 0 Å². The van der Waals surface area contributed by atoms with Crippen molar-refractivity contribution in [3.05, 3.63) is 54.0 Å². The number of carbonyl (C=O) groups excluding carboxylic acids is 2. The summed E-state index contributed by atoms with van der Waals surface area (Å²) in [7, 11) is 0. The minimum atomic E-state index is -0.470. The SMILES string of the molecule is O=C(C[C@H]1C[C@H]2CC[C@@H]1C2)NNC(=O)c1ccc(COc2ccccc2)o1. The topological polar surface area (TPSA) is 80.6 Å². The summed E-state index contributed by atoms with van der Waals surface area (Å²) in [6.07, 6.45) is 5.46. The van der Waals surface area contributed by atoms with Crippen molar-refractivity contribution in [1.82, 2.24) is 10.9 Å². The number of hydrazine groups is 1. The summed E-state index contributed by atoms with van der Waals surface area (Å²) in [6, 6.07) is 12.6. The number of rotatable bonds is 6. The summed E-state index contributed by atoms with van der Waals surface area (Å²) < 4.78 is 11.1. The first kappa shape index (κ1) is 17.6. The number of carbonyl (C=O) groups is 2. The first-order valence-corrected chi connectivity index (χ1v) is 9.53. The third kappa shape index (κ3) is 4.32. The molecule has 0 aliphatic heterocycles. The number of amides is 2. The summed E-state index contributed by atoms with van der Waals surface area (Å²) >= 11 is 0. The summed E-state index contributed by atoms with van der Waals surface area (Å²) in [5, 5.41) is 0. The Balaban J connectivity index is 1.21. The first-order chi connectivity index (χ1) is 13.2. The Morgan fingerprint density at radius 2 is 1.89 bits per heavy atom. The van der Waals surface area contributed by atoms with Crippen LogP contribution in [0.1, 0.15) is 48.4 Å². The van der Waals surface area contributed by atoms with Gasteiger partial charge < -0.3 is 9.15 Å². The number of benzene rings is 1. The van der Waals surface area contributed by atoms with E-state index in [0.717, 1.165) is 18.1 Å². The number of ether oxygens (including phenoxy) is 1. The van der Waals surface area contributed by atoms with Crippen LogP contribution in [0.25, 0.3) is 0 Å². The Morgan fingerprint density at radius 1 is 1.04 bits per heavy atom. The zero-order valence-electron chi connectivity index (χ0n) is 15.1. The Bertz CT molecular complexity index is 802. The first-order valence-electron chi connectivity index (χ1n) is 9.53. The lowest BCUT2D eigenvalue weighted by Gasteiger charge is -2.20. The average Bonchev–Trinajstić information content (AvgIpc) is 3.42. The Kier molecular flexibility index (Phi) is 5.14. The summed E-state index contributed by atoms with van der Waals surface area (Å²) in [5.74, 6) is 2.76. The van der Waals surface area contributed by atoms with Crippen LogP contribution in [-0.2, 0) is 11.4 Å². The summed E-state index contributed by atoms with van der Waals surface area (Å²) in [5.41, 5.74) is 4.94. The van der Waals surface area contributed by atoms with Crippen LogP contribution in [-0.4, -0.2) is 11.8 Å². The number of fused-ring (bicyclic) bond motifs is 2. The van der Waals surface area contributed by atoms with Crippen LogP contribution in [0.3, 0.4) is 0 Å². The van der Waals surface area contributed by atoms with E-state index in [1.807, 2.05) is 30.3 Å². The van der Waals surface area contributed by atoms with Crippen LogP contribution in [0.5, 0.6) is 5.75 Å². The molecule has 2 N–H and O–H groups in total. The van der Waals surface area contributed by atoms with Crippen molar-refractivity contribution in [2.45, 2.75) is 38.7 Å². The molecule has 2 amide bonds. The van der Waals surface area contributed by atoms with Crippen LogP contribution < -0.4 is 15.6 Å². The number of hydrogen-bond acceptors (Lipinski definition) is 4. The maximum atomic E-state index is 12.1. The van der Waals surface area contributed by atoms with Crippen molar-refractivity contribution in [3.8, 4) is 5.75 Å². The fourth-order valence-electron chi connectivity index (χ4n) is 4.35. The van der Waals surface area contributed by atoms with Crippen LogP contribution in [0, 0.1) is 17.8 Å². The van der Waals surface area contributed by atoms with E-state index < -0.39 is 5.91 Å². The van der Waals surface area contributed by atoms with Gasteiger partial charge in [0.2, 0.25) is 5.91 Å². The van der Waals surface area contributed by atoms with Crippen molar-refractivity contribution in [2.75, 3.05) is 0 Å². The van der Waals surface area contributed by atoms with Gasteiger partial charge in [0.15, 0.2) is 5.76 Å². The molecule has 6 nitrogen and oxygen atoms in total. The van der Waals surface area contributed by atoms with Crippen molar-refractivity contribution < 1.29 is 18.7 Å². The fourth-order valence-corrected chi connectivity index (χ4v) is 4.35. The molecule has 2 bridgehead atoms. The minimum Gasteiger partial charge on any atom is -0.486 e. The second kappa shape index (κ2) is 7.86. The van der Waals surface area contributed by atoms with E-state index in [-0.39, 0.29) is 18.3 Å². The molecule has 0 spiro atoms. The van der Waals surface area contributed by atoms with Gasteiger partial charge in [0, 0.05) is 6.42 Å². The maximum absolute atomic E-state index is 12.1. The third-order valence-electron chi connectivity index (χ3n) is 5.66. The lowest BCUT2D eigenvalue weighted by molar-refractivity contribution is -0.123. The highest BCUT2D eigenvalue weighted by Crippen LogP contribution is 2.49. The van der Waals surface area contributed by atoms with Crippen molar-refractivity contribution in [1.29, 1.82) is 0 Å². The molecule has 27 heavy (non-hydrogen) atoms. The molecular weight excluding hydrogens is 344 g/mol. The molecule has 1 aromatic heterocycles. The highest BCUT2D eigenvalue weighted by Gasteiger charge is 2.40. The normalized spacial score (nSPS) is 23.2. The Hall–Kier alpha value is -2.76. The lowest BCUT2D eigenvalue weighted by Crippen LogP contribution is -2.42. The van der Waals surface area contributed by atoms with E-state index in [1.54, 1.807) is 12.1 Å². The highest BCUT2D eigenvalue weighted by atomic mass is 16.5. The van der Waals surface area contributed by atoms with Gasteiger partial charge in [-0.3, -0.25) is 20.4 Å². The van der Waals surface area contributed by atoms with Crippen LogP contribution in [0.2, 0.25) is 0 Å². The molecule has 142 valence electrons. The van der Waals surface area contributed by atoms with Crippen molar-refractivity contribution >= 4 is 11.8 Å². The van der Waals surface area contributed by atoms with Crippen LogP contribution in [0.15, 0.2) is 46.9 Å². The number of nitrogens with one attached hydrogen (secondary N) is 2. The molecule has 1 heterocycles. The van der Waals surface area contributed by atoms with E-state index in [1.165, 1.54) is 19.3 Å². The van der Waals surface area contributed by atoms with Crippen LogP contribution in [0.4, 0.5) is 0 Å². The molecule has 0 radical (unpaired) electrons. The van der Waals surface area contributed by atoms with Gasteiger partial charge in [-0.2, -0.15) is 0 Å². The average molecular weight is 368 g/mol. The van der Waals surface area contributed by atoms with Gasteiger partial charge in [0.25, 0.3) is 0 Å². The number of para-hydroxylation sites is 1. The third-order valence-corrected chi connectivity index (χ3v) is 5.66. The van der Waals surface area contributed by atoms with Gasteiger partial charge in [0.1, 0.15) is 18.1 Å². The second-order valence-electron chi connectivity index (χ2n) is 7.51. The number of furan rings is 1. The van der Waals surface area contributed by atoms with Crippen molar-refractivity contribution in [2.24, 2.45) is 17.8 Å². The maximum Gasteiger partial charge on any atom is 0.305 e. The van der Waals surface area contributed by atoms with E-state index in [0.29, 0.717) is 24.0 Å². The second-order valence-corrected chi connectivity index (χ2v) is 7.51. The molecule has 0 unspecified atom stereocenters. The molecule has 0 saturated heterocycles. The van der Waals surface area contributed by atoms with E-state index in [4.69, 9.17) is 9.15 Å². The van der Waals surface area contributed by atoms with Gasteiger partial charge >= 0.3 is 5.91 Å². The predicted octanol–water partition coefficient (Wildman–Crippen LogP) is 3.45. The van der Waals surface area contributed by atoms with Crippen molar-refractivity contribution in [3.63, 3.8) is 0 Å². The molecule has 2 fully saturated rings. The molecule has 4 rings (SSSR count). The van der Waals surface area contributed by atoms with E-state index in [2.05, 4.69) is 10.9 Å². The molecular formula is C21H24N2O4. The predicted molar refractivity (Wildman–Crippen MR) is 98.6 cm³/mol. The molecule has 6 heteroatoms. The van der Waals surface area contributed by atoms with Gasteiger partial charge in [-0.15, -0.1) is 0 Å². The monoisotopic (exact) mass is 368 g/mol. The highest BCUT2D eigenvalue weighted by molar-refractivity contribution is 5.92. The smallest absolute Gasteiger partial charge is 0.305 e. The summed E-state index contributed by atoms with van der Waals surface area (Å²) in [6.45, 7) is 0.230. The molecule has 2 aliphatic carbocycles. The van der Waals surface area contributed by atoms with Gasteiger partial charge in [-0.1, -0.05) is 24.6 Å². The zero-order valence-corrected chi connectivity index (χ0v) is 15.1. The van der Waals surface area contributed by atoms with Gasteiger partial charge in [0.05, 0.1) is 0 Å². The molecule has 3 atom stereocenters. The fraction of sp³-hybridized carbons (Fsp3) is 0.429. The Morgan fingerprint density at radius 3 is 2.63 bits per heavy atom. The quantitative estimate of drug-likeness (QED) is 0.766. The van der Waals surface area contributed by atoms with E-state index in [9.17, 15) is 9.59 Å². The summed E-state index contributed by atoms with van der Waals surface area (Å²) in [4.78, 5) is 24.2. The zero-order chi connectivity index (χ0) is 18.6. The molecule has 2 aliphatic rings. The molecule has 2 saturated carbocycles. The molecule has 2 aromatic rings. The molecule has 1 aromatic carbocycles. The number of hydrogen-bond donors (Lipinski definition) is 2. The van der Waals surface area contributed by atoms with Gasteiger partial charge in [-0.05, 0) is 61.3 Å². The van der Waals surface area contributed by atoms with E-state index >= 15 is 0 Å². The Labute approximate surface area is 158 Å². The largest absolute Gasteiger partial charge is 0.486 e.